The van der Waals surface area contributed by atoms with Gasteiger partial charge in [-0.2, -0.15) is 0 Å². The van der Waals surface area contributed by atoms with E-state index in [1.54, 1.807) is 36.4 Å². The van der Waals surface area contributed by atoms with Crippen LogP contribution < -0.4 is 21.1 Å². The first-order valence-corrected chi connectivity index (χ1v) is 7.23. The summed E-state index contributed by atoms with van der Waals surface area (Å²) in [7, 11) is 0. The van der Waals surface area contributed by atoms with Crippen molar-refractivity contribution in [1.29, 1.82) is 0 Å². The van der Waals surface area contributed by atoms with Gasteiger partial charge in [0.25, 0.3) is 5.91 Å². The maximum atomic E-state index is 11.8. The molecule has 0 saturated heterocycles. The minimum absolute atomic E-state index is 0. The molecule has 0 saturated carbocycles. The maximum absolute atomic E-state index is 11.8. The standard InChI is InChI=1S/C16H19N3O4.ClH/c17-8-11-22-13-5-3-12(4-6-13)19-15(20)7-9-18-16(21)14-2-1-10-23-14;/h1-6,10H,7-9,11,17H2,(H,18,21)(H,19,20);1H. The first-order chi connectivity index (χ1) is 11.2. The lowest BCUT2D eigenvalue weighted by molar-refractivity contribution is -0.116. The molecule has 0 atom stereocenters. The van der Waals surface area contributed by atoms with Crippen LogP contribution in [0.5, 0.6) is 5.75 Å². The minimum Gasteiger partial charge on any atom is -0.492 e. The molecule has 130 valence electrons. The van der Waals surface area contributed by atoms with E-state index in [0.717, 1.165) is 0 Å². The lowest BCUT2D eigenvalue weighted by atomic mass is 10.3. The molecule has 8 heteroatoms. The number of carbonyl (C=O) groups excluding carboxylic acids is 2. The molecule has 1 aromatic carbocycles. The number of hydrogen-bond donors (Lipinski definition) is 3. The molecule has 2 amide bonds. The smallest absolute Gasteiger partial charge is 0.286 e. The summed E-state index contributed by atoms with van der Waals surface area (Å²) < 4.78 is 10.3. The highest BCUT2D eigenvalue weighted by atomic mass is 35.5. The minimum atomic E-state index is -0.343. The van der Waals surface area contributed by atoms with Gasteiger partial charge in [0.2, 0.25) is 5.91 Å². The van der Waals surface area contributed by atoms with Gasteiger partial charge in [0.05, 0.1) is 6.26 Å². The maximum Gasteiger partial charge on any atom is 0.286 e. The molecule has 0 radical (unpaired) electrons. The summed E-state index contributed by atoms with van der Waals surface area (Å²) in [6, 6.07) is 10.2. The Kier molecular flexibility index (Phi) is 8.38. The Morgan fingerprint density at radius 2 is 1.92 bits per heavy atom. The number of carbonyl (C=O) groups is 2. The first-order valence-electron chi connectivity index (χ1n) is 7.23. The zero-order chi connectivity index (χ0) is 16.5. The summed E-state index contributed by atoms with van der Waals surface area (Å²) >= 11 is 0. The highest BCUT2D eigenvalue weighted by Crippen LogP contribution is 2.15. The van der Waals surface area contributed by atoms with Crippen molar-refractivity contribution >= 4 is 29.9 Å². The van der Waals surface area contributed by atoms with Gasteiger partial charge in [-0.15, -0.1) is 12.4 Å². The Morgan fingerprint density at radius 3 is 2.54 bits per heavy atom. The van der Waals surface area contributed by atoms with Gasteiger partial charge in [0.15, 0.2) is 5.76 Å². The molecule has 0 spiro atoms. The average molecular weight is 354 g/mol. The zero-order valence-electron chi connectivity index (χ0n) is 13.0. The fourth-order valence-electron chi connectivity index (χ4n) is 1.82. The van der Waals surface area contributed by atoms with Crippen LogP contribution in [-0.4, -0.2) is 31.5 Å². The van der Waals surface area contributed by atoms with E-state index in [1.807, 2.05) is 0 Å². The fourth-order valence-corrected chi connectivity index (χ4v) is 1.82. The zero-order valence-corrected chi connectivity index (χ0v) is 13.8. The van der Waals surface area contributed by atoms with Gasteiger partial charge in [0.1, 0.15) is 12.4 Å². The number of amides is 2. The van der Waals surface area contributed by atoms with Crippen molar-refractivity contribution in [3.63, 3.8) is 0 Å². The van der Waals surface area contributed by atoms with E-state index in [2.05, 4.69) is 10.6 Å². The molecule has 0 aliphatic heterocycles. The van der Waals surface area contributed by atoms with Crippen LogP contribution in [0, 0.1) is 0 Å². The van der Waals surface area contributed by atoms with Crippen LogP contribution in [0.3, 0.4) is 0 Å². The number of nitrogens with two attached hydrogens (primary N) is 1. The lowest BCUT2D eigenvalue weighted by Crippen LogP contribution is -2.27. The molecular formula is C16H20ClN3O4. The third-order valence-electron chi connectivity index (χ3n) is 2.91. The van der Waals surface area contributed by atoms with Crippen molar-refractivity contribution in [1.82, 2.24) is 5.32 Å². The third-order valence-corrected chi connectivity index (χ3v) is 2.91. The molecule has 0 fully saturated rings. The van der Waals surface area contributed by atoms with Crippen LogP contribution in [0.1, 0.15) is 17.0 Å². The number of halogens is 1. The van der Waals surface area contributed by atoms with Crippen molar-refractivity contribution in [2.24, 2.45) is 5.73 Å². The Morgan fingerprint density at radius 1 is 1.17 bits per heavy atom. The molecule has 0 aliphatic rings. The summed E-state index contributed by atoms with van der Waals surface area (Å²) in [6.07, 6.45) is 1.58. The Labute approximate surface area is 146 Å². The van der Waals surface area contributed by atoms with Gasteiger partial charge < -0.3 is 25.5 Å². The summed E-state index contributed by atoms with van der Waals surface area (Å²) in [5.41, 5.74) is 6.01. The fraction of sp³-hybridized carbons (Fsp3) is 0.250. The average Bonchev–Trinajstić information content (AvgIpc) is 3.08. The van der Waals surface area contributed by atoms with Gasteiger partial charge in [-0.25, -0.2) is 0 Å². The van der Waals surface area contributed by atoms with Crippen LogP contribution in [0.2, 0.25) is 0 Å². The summed E-state index contributed by atoms with van der Waals surface area (Å²) in [6.45, 7) is 1.12. The molecule has 1 heterocycles. The normalized spacial score (nSPS) is 9.71. The van der Waals surface area contributed by atoms with E-state index in [1.165, 1.54) is 6.26 Å². The number of nitrogens with one attached hydrogen (secondary N) is 2. The molecular weight excluding hydrogens is 334 g/mol. The molecule has 0 bridgehead atoms. The second kappa shape index (κ2) is 10.3. The number of hydrogen-bond acceptors (Lipinski definition) is 5. The second-order valence-electron chi connectivity index (χ2n) is 4.69. The van der Waals surface area contributed by atoms with Crippen molar-refractivity contribution < 1.29 is 18.7 Å². The van der Waals surface area contributed by atoms with Crippen LogP contribution in [0.15, 0.2) is 47.1 Å². The molecule has 4 N–H and O–H groups in total. The van der Waals surface area contributed by atoms with Crippen molar-refractivity contribution in [3.05, 3.63) is 48.4 Å². The molecule has 0 unspecified atom stereocenters. The van der Waals surface area contributed by atoms with Gasteiger partial charge in [-0.3, -0.25) is 9.59 Å². The topological polar surface area (TPSA) is 107 Å². The van der Waals surface area contributed by atoms with E-state index in [-0.39, 0.29) is 42.9 Å². The van der Waals surface area contributed by atoms with Gasteiger partial charge >= 0.3 is 0 Å². The molecule has 7 nitrogen and oxygen atoms in total. The summed E-state index contributed by atoms with van der Waals surface area (Å²) in [4.78, 5) is 23.4. The largest absolute Gasteiger partial charge is 0.492 e. The number of benzene rings is 1. The van der Waals surface area contributed by atoms with E-state index in [0.29, 0.717) is 24.6 Å². The van der Waals surface area contributed by atoms with Crippen molar-refractivity contribution in [3.8, 4) is 5.75 Å². The van der Waals surface area contributed by atoms with Crippen molar-refractivity contribution in [2.45, 2.75) is 6.42 Å². The Hall–Kier alpha value is -2.51. The third kappa shape index (κ3) is 6.31. The van der Waals surface area contributed by atoms with Gasteiger partial charge in [-0.05, 0) is 36.4 Å². The van der Waals surface area contributed by atoms with E-state index >= 15 is 0 Å². The lowest BCUT2D eigenvalue weighted by Gasteiger charge is -2.08. The van der Waals surface area contributed by atoms with Gasteiger partial charge in [0, 0.05) is 25.2 Å². The Balaban J connectivity index is 0.00000288. The molecule has 24 heavy (non-hydrogen) atoms. The van der Waals surface area contributed by atoms with Crippen LogP contribution >= 0.6 is 12.4 Å². The van der Waals surface area contributed by atoms with Crippen molar-refractivity contribution in [2.75, 3.05) is 25.0 Å². The number of ether oxygens (including phenoxy) is 1. The second-order valence-corrected chi connectivity index (χ2v) is 4.69. The summed E-state index contributed by atoms with van der Waals surface area (Å²) in [5.74, 6) is 0.377. The van der Waals surface area contributed by atoms with Gasteiger partial charge in [-0.1, -0.05) is 0 Å². The van der Waals surface area contributed by atoms with E-state index in [4.69, 9.17) is 14.9 Å². The van der Waals surface area contributed by atoms with Crippen LogP contribution in [0.25, 0.3) is 0 Å². The Bertz CT molecular complexity index is 629. The molecule has 2 aromatic rings. The highest BCUT2D eigenvalue weighted by molar-refractivity contribution is 5.93. The number of anilines is 1. The quantitative estimate of drug-likeness (QED) is 0.670. The van der Waals surface area contributed by atoms with Crippen LogP contribution in [-0.2, 0) is 4.79 Å². The van der Waals surface area contributed by atoms with E-state index < -0.39 is 0 Å². The number of furan rings is 1. The number of rotatable bonds is 8. The first kappa shape index (κ1) is 19.5. The SMILES string of the molecule is Cl.NCCOc1ccc(NC(=O)CCNC(=O)c2ccco2)cc1. The van der Waals surface area contributed by atoms with Crippen LogP contribution in [0.4, 0.5) is 5.69 Å². The monoisotopic (exact) mass is 353 g/mol. The summed E-state index contributed by atoms with van der Waals surface area (Å²) in [5, 5.41) is 5.35. The predicted molar refractivity (Wildman–Crippen MR) is 92.5 cm³/mol. The molecule has 1 aromatic heterocycles. The highest BCUT2D eigenvalue weighted by Gasteiger charge is 2.09. The molecule has 2 rings (SSSR count). The molecule has 0 aliphatic carbocycles. The predicted octanol–water partition coefficient (Wildman–Crippen LogP) is 1.80. The van der Waals surface area contributed by atoms with E-state index in [9.17, 15) is 9.59 Å².